The molecular weight excluding hydrogens is 334 g/mol. The van der Waals surface area contributed by atoms with Crippen molar-refractivity contribution in [2.24, 2.45) is 11.3 Å². The van der Waals surface area contributed by atoms with Gasteiger partial charge in [0.2, 0.25) is 0 Å². The summed E-state index contributed by atoms with van der Waals surface area (Å²) in [4.78, 5) is 29.4. The van der Waals surface area contributed by atoms with E-state index in [0.29, 0.717) is 32.7 Å². The second-order valence-electron chi connectivity index (χ2n) is 7.89. The molecule has 0 unspecified atom stereocenters. The molecule has 4 saturated heterocycles. The molecular formula is C15H27N3O5S. The summed E-state index contributed by atoms with van der Waals surface area (Å²) >= 11 is 0. The number of fused-ring (bicyclic) bond motifs is 4. The highest BCUT2D eigenvalue weighted by molar-refractivity contribution is 8.24. The first-order chi connectivity index (χ1) is 11.1. The first-order valence-electron chi connectivity index (χ1n) is 8.36. The third kappa shape index (κ3) is 3.29. The van der Waals surface area contributed by atoms with Gasteiger partial charge in [-0.3, -0.25) is 9.11 Å². The van der Waals surface area contributed by atoms with Gasteiger partial charge >= 0.3 is 12.1 Å². The Kier molecular flexibility index (Phi) is 4.38. The molecule has 4 rings (SSSR count). The Balaban J connectivity index is 1.74. The van der Waals surface area contributed by atoms with Crippen molar-refractivity contribution in [3.8, 4) is 0 Å². The molecule has 8 nitrogen and oxygen atoms in total. The topological polar surface area (TPSA) is 105 Å². The van der Waals surface area contributed by atoms with Crippen LogP contribution < -0.4 is 0 Å². The molecule has 2 atom stereocenters. The summed E-state index contributed by atoms with van der Waals surface area (Å²) in [7, 11) is -2.53. The van der Waals surface area contributed by atoms with Crippen molar-refractivity contribution in [1.29, 1.82) is 0 Å². The predicted octanol–water partition coefficient (Wildman–Crippen LogP) is 1.88. The molecule has 0 spiro atoms. The number of nitrogens with zero attached hydrogens (tertiary/aromatic N) is 3. The van der Waals surface area contributed by atoms with Crippen LogP contribution in [0.4, 0.5) is 9.59 Å². The summed E-state index contributed by atoms with van der Waals surface area (Å²) in [5.41, 5.74) is -0.159. The van der Waals surface area contributed by atoms with Crippen molar-refractivity contribution in [3.63, 3.8) is 0 Å². The molecule has 138 valence electrons. The second kappa shape index (κ2) is 5.96. The largest absolute Gasteiger partial charge is 0.465 e. The van der Waals surface area contributed by atoms with E-state index in [-0.39, 0.29) is 34.9 Å². The van der Waals surface area contributed by atoms with Crippen LogP contribution in [0.1, 0.15) is 20.3 Å². The second-order valence-corrected chi connectivity index (χ2v) is 10.3. The van der Waals surface area contributed by atoms with E-state index in [0.717, 1.165) is 6.42 Å². The molecule has 3 amide bonds. The van der Waals surface area contributed by atoms with E-state index >= 15 is 0 Å². The van der Waals surface area contributed by atoms with Crippen LogP contribution in [-0.2, 0) is 0 Å². The van der Waals surface area contributed by atoms with Gasteiger partial charge in [-0.05, 0) is 17.8 Å². The SMILES string of the molecule is CC1(C)C[C@@H]2CN(C(=O)N3CCS(O)(O)CC3)C[C@H]1N(C(=O)O)C2. The molecule has 0 aromatic rings. The van der Waals surface area contributed by atoms with Crippen molar-refractivity contribution in [2.75, 3.05) is 44.2 Å². The van der Waals surface area contributed by atoms with E-state index in [9.17, 15) is 23.8 Å². The van der Waals surface area contributed by atoms with E-state index in [1.165, 1.54) is 4.90 Å². The van der Waals surface area contributed by atoms with Gasteiger partial charge in [0.1, 0.15) is 0 Å². The highest BCUT2D eigenvalue weighted by Gasteiger charge is 2.49. The minimum absolute atomic E-state index is 0.107. The first kappa shape index (κ1) is 17.6. The molecule has 0 radical (unpaired) electrons. The molecule has 3 N–H and O–H groups in total. The number of carbonyl (C=O) groups excluding carboxylic acids is 1. The van der Waals surface area contributed by atoms with Gasteiger partial charge in [0.25, 0.3) is 0 Å². The van der Waals surface area contributed by atoms with E-state index in [1.807, 2.05) is 0 Å². The lowest BCUT2D eigenvalue weighted by molar-refractivity contribution is 0.0293. The molecule has 0 saturated carbocycles. The number of carbonyl (C=O) groups is 2. The van der Waals surface area contributed by atoms with Gasteiger partial charge in [-0.25, -0.2) is 9.59 Å². The molecule has 2 bridgehead atoms. The zero-order valence-electron chi connectivity index (χ0n) is 14.2. The summed E-state index contributed by atoms with van der Waals surface area (Å²) in [5, 5.41) is 9.51. The Morgan fingerprint density at radius 1 is 1.04 bits per heavy atom. The third-order valence-electron chi connectivity index (χ3n) is 5.58. The molecule has 4 fully saturated rings. The summed E-state index contributed by atoms with van der Waals surface area (Å²) < 4.78 is 19.4. The predicted molar refractivity (Wildman–Crippen MR) is 91.5 cm³/mol. The molecule has 0 aromatic heterocycles. The monoisotopic (exact) mass is 361 g/mol. The Labute approximate surface area is 143 Å². The van der Waals surface area contributed by atoms with Gasteiger partial charge in [0, 0.05) is 32.7 Å². The fourth-order valence-electron chi connectivity index (χ4n) is 4.32. The first-order valence-corrected chi connectivity index (χ1v) is 10.2. The Morgan fingerprint density at radius 3 is 2.25 bits per heavy atom. The van der Waals surface area contributed by atoms with E-state index < -0.39 is 16.7 Å². The summed E-state index contributed by atoms with van der Waals surface area (Å²) in [6.45, 7) is 6.29. The van der Waals surface area contributed by atoms with Gasteiger partial charge in [0.05, 0.1) is 17.5 Å². The lowest BCUT2D eigenvalue weighted by atomic mass is 9.74. The van der Waals surface area contributed by atoms with Crippen molar-refractivity contribution in [2.45, 2.75) is 26.3 Å². The van der Waals surface area contributed by atoms with Crippen molar-refractivity contribution < 1.29 is 23.8 Å². The maximum absolute atomic E-state index is 12.9. The quantitative estimate of drug-likeness (QED) is 0.611. The number of urea groups is 1. The summed E-state index contributed by atoms with van der Waals surface area (Å²) in [6, 6.07) is -0.312. The average Bonchev–Trinajstić information content (AvgIpc) is 2.73. The average molecular weight is 361 g/mol. The van der Waals surface area contributed by atoms with Gasteiger partial charge in [-0.1, -0.05) is 13.8 Å². The van der Waals surface area contributed by atoms with Gasteiger partial charge in [-0.2, -0.15) is 10.6 Å². The Bertz CT molecular complexity index is 531. The smallest absolute Gasteiger partial charge is 0.407 e. The number of amides is 3. The number of piperidine rings is 1. The standard InChI is InChI=1S/C15H27N3O5S/c1-15(2)7-11-8-17(10-12(15)18(9-11)14(20)21)13(19)16-3-5-24(22,23)6-4-16/h11-12,22-23H,3-10H2,1-2H3,(H,20,21)/t11-,12-/m1/s1. The normalized spacial score (nSPS) is 33.1. The van der Waals surface area contributed by atoms with Crippen LogP contribution in [0.15, 0.2) is 0 Å². The number of rotatable bonds is 0. The van der Waals surface area contributed by atoms with E-state index in [2.05, 4.69) is 13.8 Å². The maximum atomic E-state index is 12.9. The minimum Gasteiger partial charge on any atom is -0.465 e. The van der Waals surface area contributed by atoms with Gasteiger partial charge in [0.15, 0.2) is 0 Å². The Morgan fingerprint density at radius 2 is 1.67 bits per heavy atom. The molecule has 4 aliphatic heterocycles. The van der Waals surface area contributed by atoms with Crippen molar-refractivity contribution in [1.82, 2.24) is 14.7 Å². The van der Waals surface area contributed by atoms with Crippen molar-refractivity contribution in [3.05, 3.63) is 0 Å². The molecule has 0 aliphatic carbocycles. The zero-order chi connectivity index (χ0) is 17.7. The minimum atomic E-state index is -2.53. The fourth-order valence-corrected chi connectivity index (χ4v) is 5.55. The van der Waals surface area contributed by atoms with Crippen molar-refractivity contribution >= 4 is 22.7 Å². The van der Waals surface area contributed by atoms with Crippen LogP contribution in [0, 0.1) is 11.3 Å². The van der Waals surface area contributed by atoms with Gasteiger partial charge in [-0.15, -0.1) is 0 Å². The summed E-state index contributed by atoms with van der Waals surface area (Å²) in [6.07, 6.45) is -0.00910. The number of hydrogen-bond donors (Lipinski definition) is 3. The number of hydrogen-bond acceptors (Lipinski definition) is 4. The number of carboxylic acid groups (broad SMARTS) is 1. The Hall–Kier alpha value is -1.19. The molecule has 4 aliphatic rings. The zero-order valence-corrected chi connectivity index (χ0v) is 15.0. The van der Waals surface area contributed by atoms with Crippen LogP contribution in [0.25, 0.3) is 0 Å². The summed E-state index contributed by atoms with van der Waals surface area (Å²) in [5.74, 6) is 0.599. The van der Waals surface area contributed by atoms with E-state index in [4.69, 9.17) is 0 Å². The lowest BCUT2D eigenvalue weighted by Gasteiger charge is -2.45. The highest BCUT2D eigenvalue weighted by atomic mass is 32.3. The maximum Gasteiger partial charge on any atom is 0.407 e. The van der Waals surface area contributed by atoms with Gasteiger partial charge < -0.3 is 19.8 Å². The van der Waals surface area contributed by atoms with Crippen LogP contribution in [0.2, 0.25) is 0 Å². The lowest BCUT2D eigenvalue weighted by Crippen LogP contribution is -2.56. The van der Waals surface area contributed by atoms with Crippen LogP contribution >= 0.6 is 10.6 Å². The van der Waals surface area contributed by atoms with E-state index in [1.54, 1.807) is 9.80 Å². The third-order valence-corrected chi connectivity index (χ3v) is 7.26. The molecule has 9 heteroatoms. The highest BCUT2D eigenvalue weighted by Crippen LogP contribution is 2.43. The van der Waals surface area contributed by atoms with Crippen LogP contribution in [0.5, 0.6) is 0 Å². The molecule has 0 aromatic carbocycles. The van der Waals surface area contributed by atoms with Crippen LogP contribution in [-0.4, -0.2) is 91.3 Å². The molecule has 4 heterocycles. The van der Waals surface area contributed by atoms with Crippen LogP contribution in [0.3, 0.4) is 0 Å². The molecule has 24 heavy (non-hydrogen) atoms. The fraction of sp³-hybridized carbons (Fsp3) is 0.867.